The maximum atomic E-state index is 14.4. The minimum Gasteiger partial charge on any atom is -0.493 e. The molecule has 0 aliphatic carbocycles. The zero-order valence-electron chi connectivity index (χ0n) is 22.6. The Kier molecular flexibility index (Phi) is 11.2. The zero-order chi connectivity index (χ0) is 28.4. The van der Waals surface area contributed by atoms with E-state index in [4.69, 9.17) is 10.5 Å². The van der Waals surface area contributed by atoms with Crippen molar-refractivity contribution in [1.82, 2.24) is 15.5 Å². The Bertz CT molecular complexity index is 1140. The lowest BCUT2D eigenvalue weighted by Gasteiger charge is -2.29. The van der Waals surface area contributed by atoms with Gasteiger partial charge in [-0.2, -0.15) is 0 Å². The van der Waals surface area contributed by atoms with Crippen molar-refractivity contribution in [1.29, 1.82) is 0 Å². The Labute approximate surface area is 228 Å². The summed E-state index contributed by atoms with van der Waals surface area (Å²) in [5, 5.41) is 16.8. The van der Waals surface area contributed by atoms with E-state index in [0.717, 1.165) is 12.0 Å². The van der Waals surface area contributed by atoms with Crippen LogP contribution < -0.4 is 21.1 Å². The molecule has 0 saturated carbocycles. The first kappa shape index (κ1) is 30.0. The standard InChI is InChI=1S/C29H39FN4O5/c1-3-19-7-6-8-20(11-19)18-32-27(36)16-23-13-21-12-22(30)15-24(14-21)39-10-5-4-9-28(37)34(2)25(17-26(31)35)29(38)33-23/h6-8,11-12,14-15,23,25,27,32,36H,3-5,9-10,13,16-18H2,1-2H3,(H2,31,35)(H,33,38). The molecule has 2 aromatic carbocycles. The molecule has 1 aliphatic heterocycles. The van der Waals surface area contributed by atoms with Gasteiger partial charge in [0.15, 0.2) is 0 Å². The van der Waals surface area contributed by atoms with Gasteiger partial charge < -0.3 is 25.8 Å². The van der Waals surface area contributed by atoms with Gasteiger partial charge in [0, 0.05) is 38.5 Å². The average Bonchev–Trinajstić information content (AvgIpc) is 2.89. The molecule has 2 bridgehead atoms. The van der Waals surface area contributed by atoms with Crippen LogP contribution in [0.2, 0.25) is 0 Å². The highest BCUT2D eigenvalue weighted by Gasteiger charge is 2.30. The van der Waals surface area contributed by atoms with Crippen molar-refractivity contribution in [2.24, 2.45) is 5.73 Å². The van der Waals surface area contributed by atoms with Crippen LogP contribution in [0.25, 0.3) is 0 Å². The Balaban J connectivity index is 1.83. The van der Waals surface area contributed by atoms with Crippen LogP contribution in [0.1, 0.15) is 55.7 Å². The minimum absolute atomic E-state index is 0.0901. The number of nitrogens with zero attached hydrogens (tertiary/aromatic N) is 1. The molecule has 3 amide bonds. The average molecular weight is 543 g/mol. The first-order valence-corrected chi connectivity index (χ1v) is 13.4. The molecule has 3 unspecified atom stereocenters. The van der Waals surface area contributed by atoms with Crippen molar-refractivity contribution in [3.63, 3.8) is 0 Å². The van der Waals surface area contributed by atoms with E-state index in [-0.39, 0.29) is 31.6 Å². The topological polar surface area (TPSA) is 134 Å². The van der Waals surface area contributed by atoms with E-state index in [9.17, 15) is 23.9 Å². The molecule has 5 N–H and O–H groups in total. The molecule has 2 aromatic rings. The number of aliphatic hydroxyl groups is 1. The fourth-order valence-corrected chi connectivity index (χ4v) is 4.66. The predicted octanol–water partition coefficient (Wildman–Crippen LogP) is 2.18. The SMILES string of the molecule is CCc1cccc(CNC(O)CC2Cc3cc(F)cc(c3)OCCCCC(=O)N(C)C(CC(N)=O)C(=O)N2)c1. The monoisotopic (exact) mass is 542 g/mol. The van der Waals surface area contributed by atoms with Crippen LogP contribution in [-0.2, 0) is 33.8 Å². The van der Waals surface area contributed by atoms with Crippen LogP contribution in [0, 0.1) is 5.82 Å². The number of nitrogens with two attached hydrogens (primary N) is 1. The van der Waals surface area contributed by atoms with Gasteiger partial charge in [0.1, 0.15) is 23.8 Å². The third kappa shape index (κ3) is 9.63. The second kappa shape index (κ2) is 14.6. The molecule has 3 rings (SSSR count). The van der Waals surface area contributed by atoms with Crippen molar-refractivity contribution in [2.75, 3.05) is 13.7 Å². The van der Waals surface area contributed by atoms with Crippen LogP contribution in [-0.4, -0.2) is 59.7 Å². The molecule has 9 nitrogen and oxygen atoms in total. The molecular formula is C29H39FN4O5. The quantitative estimate of drug-likeness (QED) is 0.378. The molecule has 1 aliphatic rings. The van der Waals surface area contributed by atoms with Gasteiger partial charge in [-0.05, 0) is 54.5 Å². The van der Waals surface area contributed by atoms with Gasteiger partial charge in [-0.25, -0.2) is 4.39 Å². The lowest BCUT2D eigenvalue weighted by molar-refractivity contribution is -0.141. The third-order valence-electron chi connectivity index (χ3n) is 6.82. The summed E-state index contributed by atoms with van der Waals surface area (Å²) in [6, 6.07) is 10.6. The van der Waals surface area contributed by atoms with E-state index in [2.05, 4.69) is 23.6 Å². The van der Waals surface area contributed by atoms with Crippen molar-refractivity contribution in [3.05, 3.63) is 65.0 Å². The largest absolute Gasteiger partial charge is 0.493 e. The van der Waals surface area contributed by atoms with Gasteiger partial charge >= 0.3 is 0 Å². The molecule has 0 fully saturated rings. The first-order valence-electron chi connectivity index (χ1n) is 13.4. The number of halogens is 1. The number of carbonyl (C=O) groups is 3. The number of hydrogen-bond donors (Lipinski definition) is 4. The number of aliphatic hydroxyl groups excluding tert-OH is 1. The number of likely N-dealkylation sites (N-methyl/N-ethyl adjacent to an activating group) is 1. The van der Waals surface area contributed by atoms with Gasteiger partial charge in [0.05, 0.1) is 13.0 Å². The maximum absolute atomic E-state index is 14.4. The number of benzene rings is 2. The number of rotatable bonds is 8. The highest BCUT2D eigenvalue weighted by Crippen LogP contribution is 2.20. The number of primary amides is 1. The molecule has 0 saturated heterocycles. The highest BCUT2D eigenvalue weighted by molar-refractivity contribution is 5.91. The highest BCUT2D eigenvalue weighted by atomic mass is 19.1. The molecule has 0 aromatic heterocycles. The second-order valence-electron chi connectivity index (χ2n) is 10.0. The summed E-state index contributed by atoms with van der Waals surface area (Å²) in [6.45, 7) is 2.78. The van der Waals surface area contributed by atoms with Crippen LogP contribution in [0.5, 0.6) is 5.75 Å². The number of fused-ring (bicyclic) bond motifs is 2. The smallest absolute Gasteiger partial charge is 0.243 e. The van der Waals surface area contributed by atoms with Crippen LogP contribution in [0.15, 0.2) is 42.5 Å². The van der Waals surface area contributed by atoms with Crippen molar-refractivity contribution < 1.29 is 28.6 Å². The van der Waals surface area contributed by atoms with Crippen LogP contribution in [0.3, 0.4) is 0 Å². The van der Waals surface area contributed by atoms with Crippen molar-refractivity contribution >= 4 is 17.7 Å². The van der Waals surface area contributed by atoms with E-state index < -0.39 is 35.9 Å². The van der Waals surface area contributed by atoms with Crippen molar-refractivity contribution in [3.8, 4) is 5.75 Å². The fraction of sp³-hybridized carbons (Fsp3) is 0.483. The van der Waals surface area contributed by atoms with E-state index in [1.165, 1.54) is 29.6 Å². The summed E-state index contributed by atoms with van der Waals surface area (Å²) >= 11 is 0. The Morgan fingerprint density at radius 1 is 1.23 bits per heavy atom. The minimum atomic E-state index is -1.11. The Morgan fingerprint density at radius 3 is 2.74 bits per heavy atom. The van der Waals surface area contributed by atoms with Gasteiger partial charge in [0.25, 0.3) is 0 Å². The predicted molar refractivity (Wildman–Crippen MR) is 145 cm³/mol. The van der Waals surface area contributed by atoms with Gasteiger partial charge in [-0.15, -0.1) is 0 Å². The van der Waals surface area contributed by atoms with E-state index in [1.807, 2.05) is 18.2 Å². The summed E-state index contributed by atoms with van der Waals surface area (Å²) < 4.78 is 20.1. The molecular weight excluding hydrogens is 503 g/mol. The number of hydrogen-bond acceptors (Lipinski definition) is 6. The van der Waals surface area contributed by atoms with E-state index in [0.29, 0.717) is 37.3 Å². The number of amides is 3. The van der Waals surface area contributed by atoms with Crippen LogP contribution in [0.4, 0.5) is 4.39 Å². The fourth-order valence-electron chi connectivity index (χ4n) is 4.66. The summed E-state index contributed by atoms with van der Waals surface area (Å²) in [5.74, 6) is -1.71. The summed E-state index contributed by atoms with van der Waals surface area (Å²) in [6.07, 6.45) is 1.04. The summed E-state index contributed by atoms with van der Waals surface area (Å²) in [7, 11) is 1.47. The van der Waals surface area contributed by atoms with Crippen LogP contribution >= 0.6 is 0 Å². The van der Waals surface area contributed by atoms with Crippen molar-refractivity contribution in [2.45, 2.75) is 76.7 Å². The van der Waals surface area contributed by atoms with Gasteiger partial charge in [-0.1, -0.05) is 31.2 Å². The Hall–Kier alpha value is -3.50. The number of aryl methyl sites for hydroxylation is 1. The van der Waals surface area contributed by atoms with Gasteiger partial charge in [-0.3, -0.25) is 19.7 Å². The maximum Gasteiger partial charge on any atom is 0.243 e. The molecule has 0 radical (unpaired) electrons. The normalized spacial score (nSPS) is 19.8. The second-order valence-corrected chi connectivity index (χ2v) is 10.0. The molecule has 0 spiro atoms. The van der Waals surface area contributed by atoms with E-state index in [1.54, 1.807) is 6.07 Å². The summed E-state index contributed by atoms with van der Waals surface area (Å²) in [4.78, 5) is 39.1. The lowest BCUT2D eigenvalue weighted by Crippen LogP contribution is -2.53. The Morgan fingerprint density at radius 2 is 2.00 bits per heavy atom. The molecule has 212 valence electrons. The summed E-state index contributed by atoms with van der Waals surface area (Å²) in [5.41, 5.74) is 8.16. The van der Waals surface area contributed by atoms with E-state index >= 15 is 0 Å². The molecule has 39 heavy (non-hydrogen) atoms. The zero-order valence-corrected chi connectivity index (χ0v) is 22.6. The number of ether oxygens (including phenoxy) is 1. The molecule has 1 heterocycles. The first-order chi connectivity index (χ1) is 18.6. The van der Waals surface area contributed by atoms with Gasteiger partial charge in [0.2, 0.25) is 17.7 Å². The molecule has 10 heteroatoms. The third-order valence-corrected chi connectivity index (χ3v) is 6.82. The lowest BCUT2D eigenvalue weighted by atomic mass is 10.0. The number of nitrogens with one attached hydrogen (secondary N) is 2. The molecule has 3 atom stereocenters. The number of carbonyl (C=O) groups excluding carboxylic acids is 3.